The molecule has 0 unspecified atom stereocenters. The van der Waals surface area contributed by atoms with E-state index in [9.17, 15) is 0 Å². The van der Waals surface area contributed by atoms with E-state index in [-0.39, 0.29) is 0 Å². The molecule has 0 aliphatic rings. The van der Waals surface area contributed by atoms with E-state index in [1.54, 1.807) is 11.3 Å². The number of fused-ring (bicyclic) bond motifs is 3. The Bertz CT molecular complexity index is 596. The molecule has 74 valence electrons. The summed E-state index contributed by atoms with van der Waals surface area (Å²) in [5.74, 6) is 0. The second kappa shape index (κ2) is 3.44. The summed E-state index contributed by atoms with van der Waals surface area (Å²) in [6.45, 7) is 0. The largest absolute Gasteiger partial charge is 0.143 e. The minimum atomic E-state index is 1.03. The van der Waals surface area contributed by atoms with Gasteiger partial charge in [-0.25, -0.2) is 0 Å². The van der Waals surface area contributed by atoms with Gasteiger partial charge in [-0.1, -0.05) is 12.1 Å². The lowest BCUT2D eigenvalue weighted by Gasteiger charge is -1.98. The van der Waals surface area contributed by atoms with Crippen molar-refractivity contribution in [2.24, 2.45) is 0 Å². The fourth-order valence-electron chi connectivity index (χ4n) is 1.83. The monoisotopic (exact) mass is 248 g/mol. The molecule has 0 saturated heterocycles. The predicted molar refractivity (Wildman–Crippen MR) is 73.8 cm³/mol. The first kappa shape index (κ1) is 9.58. The molecule has 0 saturated carbocycles. The van der Waals surface area contributed by atoms with Crippen LogP contribution in [0.2, 0.25) is 0 Å². The van der Waals surface area contributed by atoms with Crippen LogP contribution in [0.15, 0.2) is 46.2 Å². The Morgan fingerprint density at radius 2 is 1.20 bits per heavy atom. The Morgan fingerprint density at radius 1 is 0.733 bits per heavy atom. The molecular weight excluding hydrogens is 240 g/mol. The quantitative estimate of drug-likeness (QED) is 0.532. The molecule has 0 radical (unpaired) electrons. The fraction of sp³-hybridized carbons (Fsp3) is 0. The van der Waals surface area contributed by atoms with Gasteiger partial charge in [-0.15, -0.1) is 36.6 Å². The second-order valence-corrected chi connectivity index (χ2v) is 5.45. The maximum absolute atomic E-state index is 4.51. The number of benzene rings is 2. The lowest BCUT2D eigenvalue weighted by Crippen LogP contribution is -1.71. The van der Waals surface area contributed by atoms with Gasteiger partial charge in [0.1, 0.15) is 0 Å². The Morgan fingerprint density at radius 3 is 1.67 bits per heavy atom. The van der Waals surface area contributed by atoms with E-state index in [0.29, 0.717) is 0 Å². The first-order valence-corrected chi connectivity index (χ1v) is 6.30. The van der Waals surface area contributed by atoms with Gasteiger partial charge in [-0.2, -0.15) is 0 Å². The summed E-state index contributed by atoms with van der Waals surface area (Å²) in [7, 11) is 0. The van der Waals surface area contributed by atoms with Crippen LogP contribution in [0.5, 0.6) is 0 Å². The van der Waals surface area contributed by atoms with Crippen LogP contribution in [-0.4, -0.2) is 0 Å². The van der Waals surface area contributed by atoms with Crippen molar-refractivity contribution in [1.29, 1.82) is 0 Å². The highest BCUT2D eigenvalue weighted by atomic mass is 32.1. The van der Waals surface area contributed by atoms with Crippen LogP contribution in [0.1, 0.15) is 0 Å². The lowest BCUT2D eigenvalue weighted by atomic mass is 10.1. The van der Waals surface area contributed by atoms with Crippen molar-refractivity contribution in [1.82, 2.24) is 0 Å². The average molecular weight is 248 g/mol. The Hall–Kier alpha value is -0.640. The van der Waals surface area contributed by atoms with E-state index in [4.69, 9.17) is 0 Å². The van der Waals surface area contributed by atoms with Gasteiger partial charge in [0.15, 0.2) is 0 Å². The molecule has 3 aromatic rings. The van der Waals surface area contributed by atoms with Crippen molar-refractivity contribution in [3.8, 4) is 0 Å². The van der Waals surface area contributed by atoms with Gasteiger partial charge < -0.3 is 0 Å². The molecule has 1 aromatic heterocycles. The second-order valence-electron chi connectivity index (χ2n) is 3.40. The van der Waals surface area contributed by atoms with Crippen LogP contribution in [0.4, 0.5) is 0 Å². The van der Waals surface area contributed by atoms with Crippen LogP contribution < -0.4 is 0 Å². The molecule has 0 nitrogen and oxygen atoms in total. The smallest absolute Gasteiger partial charge is 0.0367 e. The molecule has 0 spiro atoms. The van der Waals surface area contributed by atoms with Gasteiger partial charge in [0.2, 0.25) is 0 Å². The Labute approximate surface area is 103 Å². The summed E-state index contributed by atoms with van der Waals surface area (Å²) < 4.78 is 2.55. The molecule has 0 amide bonds. The van der Waals surface area contributed by atoms with Gasteiger partial charge in [0.05, 0.1) is 0 Å². The summed E-state index contributed by atoms with van der Waals surface area (Å²) >= 11 is 10.8. The molecule has 0 bridgehead atoms. The molecule has 0 aliphatic heterocycles. The van der Waals surface area contributed by atoms with Gasteiger partial charge in [-0.3, -0.25) is 0 Å². The summed E-state index contributed by atoms with van der Waals surface area (Å²) in [4.78, 5) is 2.06. The molecule has 2 aromatic carbocycles. The van der Waals surface area contributed by atoms with Crippen molar-refractivity contribution in [2.75, 3.05) is 0 Å². The molecule has 0 fully saturated rings. The minimum absolute atomic E-state index is 1.03. The topological polar surface area (TPSA) is 0 Å². The SMILES string of the molecule is Sc1cccc2sc3cccc(S)c3c12. The zero-order valence-electron chi connectivity index (χ0n) is 7.77. The third-order valence-electron chi connectivity index (χ3n) is 2.48. The normalized spacial score (nSPS) is 11.3. The third-order valence-corrected chi connectivity index (χ3v) is 4.34. The van der Waals surface area contributed by atoms with Crippen LogP contribution >= 0.6 is 36.6 Å². The number of hydrogen-bond acceptors (Lipinski definition) is 3. The molecule has 0 aliphatic carbocycles. The number of rotatable bonds is 0. The standard InChI is InChI=1S/C12H8S3/c13-7-3-1-5-9-11(7)12-8(14)4-2-6-10(12)15-9/h1-6,13-14H. The predicted octanol–water partition coefficient (Wildman–Crippen LogP) is 4.63. The molecular formula is C12H8S3. The molecule has 3 rings (SSSR count). The van der Waals surface area contributed by atoms with E-state index in [1.807, 2.05) is 24.3 Å². The van der Waals surface area contributed by atoms with Crippen molar-refractivity contribution >= 4 is 56.8 Å². The molecule has 0 atom stereocenters. The van der Waals surface area contributed by atoms with E-state index < -0.39 is 0 Å². The summed E-state index contributed by atoms with van der Waals surface area (Å²) in [6.07, 6.45) is 0. The first-order valence-electron chi connectivity index (χ1n) is 4.59. The number of thiol groups is 2. The zero-order valence-corrected chi connectivity index (χ0v) is 10.4. The Balaban J connectivity index is 2.67. The zero-order chi connectivity index (χ0) is 10.4. The van der Waals surface area contributed by atoms with Crippen molar-refractivity contribution in [3.63, 3.8) is 0 Å². The van der Waals surface area contributed by atoms with Gasteiger partial charge in [0.25, 0.3) is 0 Å². The van der Waals surface area contributed by atoms with Crippen molar-refractivity contribution < 1.29 is 0 Å². The van der Waals surface area contributed by atoms with Crippen LogP contribution in [-0.2, 0) is 0 Å². The van der Waals surface area contributed by atoms with Crippen LogP contribution in [0, 0.1) is 0 Å². The number of thiophene rings is 1. The van der Waals surface area contributed by atoms with Gasteiger partial charge >= 0.3 is 0 Å². The van der Waals surface area contributed by atoms with Crippen LogP contribution in [0.3, 0.4) is 0 Å². The molecule has 0 N–H and O–H groups in total. The van der Waals surface area contributed by atoms with Gasteiger partial charge in [-0.05, 0) is 24.3 Å². The van der Waals surface area contributed by atoms with E-state index in [0.717, 1.165) is 9.79 Å². The van der Waals surface area contributed by atoms with E-state index >= 15 is 0 Å². The van der Waals surface area contributed by atoms with E-state index in [2.05, 4.69) is 37.4 Å². The Kier molecular flexibility index (Phi) is 2.20. The lowest BCUT2D eigenvalue weighted by molar-refractivity contribution is 1.56. The summed E-state index contributed by atoms with van der Waals surface area (Å²) in [5.41, 5.74) is 0. The van der Waals surface area contributed by atoms with Gasteiger partial charge in [0, 0.05) is 30.0 Å². The highest BCUT2D eigenvalue weighted by Crippen LogP contribution is 2.39. The highest BCUT2D eigenvalue weighted by molar-refractivity contribution is 7.81. The van der Waals surface area contributed by atoms with E-state index in [1.165, 1.54) is 20.2 Å². The third kappa shape index (κ3) is 1.38. The fourth-order valence-corrected chi connectivity index (χ4v) is 3.78. The summed E-state index contributed by atoms with van der Waals surface area (Å²) in [6, 6.07) is 12.4. The average Bonchev–Trinajstić information content (AvgIpc) is 2.58. The maximum Gasteiger partial charge on any atom is 0.0367 e. The number of hydrogen-bond donors (Lipinski definition) is 2. The molecule has 3 heteroatoms. The minimum Gasteiger partial charge on any atom is -0.143 e. The van der Waals surface area contributed by atoms with Crippen LogP contribution in [0.25, 0.3) is 20.2 Å². The van der Waals surface area contributed by atoms with Crippen molar-refractivity contribution in [2.45, 2.75) is 9.79 Å². The molecule has 1 heterocycles. The highest BCUT2D eigenvalue weighted by Gasteiger charge is 2.08. The van der Waals surface area contributed by atoms with Crippen molar-refractivity contribution in [3.05, 3.63) is 36.4 Å². The molecule has 15 heavy (non-hydrogen) atoms. The first-order chi connectivity index (χ1) is 7.27. The summed E-state index contributed by atoms with van der Waals surface area (Å²) in [5, 5.41) is 2.46. The maximum atomic E-state index is 4.51.